The number of rotatable bonds is 3. The Morgan fingerprint density at radius 2 is 1.70 bits per heavy atom. The fourth-order valence-corrected chi connectivity index (χ4v) is 5.15. The van der Waals surface area contributed by atoms with Crippen LogP contribution in [0.25, 0.3) is 0 Å². The third-order valence-electron chi connectivity index (χ3n) is 4.55. The fraction of sp³-hybridized carbons (Fsp3) is 0.625. The van der Waals surface area contributed by atoms with Gasteiger partial charge in [0.1, 0.15) is 0 Å². The van der Waals surface area contributed by atoms with Gasteiger partial charge >= 0.3 is 0 Å². The van der Waals surface area contributed by atoms with E-state index in [2.05, 4.69) is 27.7 Å². The van der Waals surface area contributed by atoms with Gasteiger partial charge in [0, 0.05) is 12.6 Å². The molecule has 0 aromatic heterocycles. The van der Waals surface area contributed by atoms with Gasteiger partial charge in [-0.2, -0.15) is 4.31 Å². The summed E-state index contributed by atoms with van der Waals surface area (Å²) in [5.41, 5.74) is 1.08. The number of nitrogens with zero attached hydrogens (tertiary/aromatic N) is 1. The van der Waals surface area contributed by atoms with Gasteiger partial charge in [-0.25, -0.2) is 8.42 Å². The van der Waals surface area contributed by atoms with E-state index in [1.807, 2.05) is 19.1 Å². The van der Waals surface area contributed by atoms with Gasteiger partial charge in [0.25, 0.3) is 0 Å². The third kappa shape index (κ3) is 2.63. The molecular weight excluding hydrogens is 270 g/mol. The van der Waals surface area contributed by atoms with E-state index in [1.165, 1.54) is 0 Å². The second-order valence-electron chi connectivity index (χ2n) is 6.46. The first-order valence-electron chi connectivity index (χ1n) is 7.33. The van der Waals surface area contributed by atoms with Crippen LogP contribution in [0.3, 0.4) is 0 Å². The molecule has 1 aromatic rings. The van der Waals surface area contributed by atoms with Gasteiger partial charge in [-0.05, 0) is 36.8 Å². The SMILES string of the molecule is Cc1ccc(S(=O)(=O)N2CC(C)C(C)C2C(C)C)cc1. The molecule has 0 amide bonds. The molecule has 1 aromatic carbocycles. The smallest absolute Gasteiger partial charge is 0.207 e. The number of hydrogen-bond donors (Lipinski definition) is 0. The summed E-state index contributed by atoms with van der Waals surface area (Å²) < 4.78 is 27.5. The van der Waals surface area contributed by atoms with Crippen LogP contribution in [-0.4, -0.2) is 25.3 Å². The molecule has 112 valence electrons. The Labute approximate surface area is 123 Å². The van der Waals surface area contributed by atoms with Crippen LogP contribution >= 0.6 is 0 Å². The zero-order valence-electron chi connectivity index (χ0n) is 13.0. The topological polar surface area (TPSA) is 37.4 Å². The van der Waals surface area contributed by atoms with E-state index >= 15 is 0 Å². The number of hydrogen-bond acceptors (Lipinski definition) is 2. The summed E-state index contributed by atoms with van der Waals surface area (Å²) in [5, 5.41) is 0. The Hall–Kier alpha value is -0.870. The predicted octanol–water partition coefficient (Wildman–Crippen LogP) is 3.30. The summed E-state index contributed by atoms with van der Waals surface area (Å²) in [4.78, 5) is 0.412. The molecule has 4 heteroatoms. The van der Waals surface area contributed by atoms with Crippen molar-refractivity contribution in [3.63, 3.8) is 0 Å². The maximum Gasteiger partial charge on any atom is 0.243 e. The van der Waals surface area contributed by atoms with Crippen LogP contribution in [-0.2, 0) is 10.0 Å². The van der Waals surface area contributed by atoms with Gasteiger partial charge in [-0.15, -0.1) is 0 Å². The largest absolute Gasteiger partial charge is 0.243 e. The summed E-state index contributed by atoms with van der Waals surface area (Å²) in [6.07, 6.45) is 0. The lowest BCUT2D eigenvalue weighted by atomic mass is 9.88. The first-order valence-corrected chi connectivity index (χ1v) is 8.77. The average Bonchev–Trinajstić information content (AvgIpc) is 2.67. The second kappa shape index (κ2) is 5.49. The van der Waals surface area contributed by atoms with Crippen molar-refractivity contribution in [1.29, 1.82) is 0 Å². The average molecular weight is 295 g/mol. The lowest BCUT2D eigenvalue weighted by Crippen LogP contribution is -2.40. The molecule has 3 nitrogen and oxygen atoms in total. The quantitative estimate of drug-likeness (QED) is 0.858. The van der Waals surface area contributed by atoms with E-state index in [1.54, 1.807) is 16.4 Å². The molecule has 2 rings (SSSR count). The molecule has 1 heterocycles. The molecule has 20 heavy (non-hydrogen) atoms. The van der Waals surface area contributed by atoms with Crippen LogP contribution in [0, 0.1) is 24.7 Å². The van der Waals surface area contributed by atoms with Crippen molar-refractivity contribution in [3.05, 3.63) is 29.8 Å². The van der Waals surface area contributed by atoms with Gasteiger partial charge in [-0.1, -0.05) is 45.4 Å². The molecule has 1 aliphatic rings. The number of sulfonamides is 1. The van der Waals surface area contributed by atoms with Gasteiger partial charge in [0.15, 0.2) is 0 Å². The summed E-state index contributed by atoms with van der Waals surface area (Å²) in [5.74, 6) is 1.13. The fourth-order valence-electron chi connectivity index (χ4n) is 3.21. The highest BCUT2D eigenvalue weighted by Gasteiger charge is 2.44. The molecule has 0 N–H and O–H groups in total. The van der Waals surface area contributed by atoms with E-state index in [0.29, 0.717) is 29.2 Å². The minimum absolute atomic E-state index is 0.0938. The van der Waals surface area contributed by atoms with E-state index < -0.39 is 10.0 Å². The Kier molecular flexibility index (Phi) is 4.26. The highest BCUT2D eigenvalue weighted by atomic mass is 32.2. The Balaban J connectivity index is 2.40. The zero-order valence-corrected chi connectivity index (χ0v) is 13.8. The monoisotopic (exact) mass is 295 g/mol. The summed E-state index contributed by atoms with van der Waals surface area (Å²) >= 11 is 0. The Bertz CT molecular complexity index is 563. The molecule has 0 radical (unpaired) electrons. The van der Waals surface area contributed by atoms with Crippen molar-refractivity contribution in [3.8, 4) is 0 Å². The van der Waals surface area contributed by atoms with Crippen molar-refractivity contribution in [2.45, 2.75) is 45.6 Å². The molecule has 0 aliphatic carbocycles. The van der Waals surface area contributed by atoms with Gasteiger partial charge in [0.2, 0.25) is 10.0 Å². The van der Waals surface area contributed by atoms with E-state index in [4.69, 9.17) is 0 Å². The highest BCUT2D eigenvalue weighted by Crippen LogP contribution is 2.37. The maximum absolute atomic E-state index is 12.9. The second-order valence-corrected chi connectivity index (χ2v) is 8.35. The molecule has 1 aliphatic heterocycles. The summed E-state index contributed by atoms with van der Waals surface area (Å²) in [7, 11) is -3.38. The van der Waals surface area contributed by atoms with Gasteiger partial charge in [-0.3, -0.25) is 0 Å². The van der Waals surface area contributed by atoms with Crippen LogP contribution in [0.15, 0.2) is 29.2 Å². The highest BCUT2D eigenvalue weighted by molar-refractivity contribution is 7.89. The standard InChI is InChI=1S/C16H25NO2S/c1-11(2)16-14(5)13(4)10-17(16)20(18,19)15-8-6-12(3)7-9-15/h6-9,11,13-14,16H,10H2,1-5H3. The van der Waals surface area contributed by atoms with Crippen molar-refractivity contribution in [2.24, 2.45) is 17.8 Å². The van der Waals surface area contributed by atoms with Crippen molar-refractivity contribution < 1.29 is 8.42 Å². The first-order chi connectivity index (χ1) is 9.25. The Morgan fingerprint density at radius 1 is 1.15 bits per heavy atom. The molecule has 1 saturated heterocycles. The van der Waals surface area contributed by atoms with Crippen LogP contribution in [0.1, 0.15) is 33.3 Å². The molecule has 1 fully saturated rings. The van der Waals surface area contributed by atoms with Crippen molar-refractivity contribution in [2.75, 3.05) is 6.54 Å². The Morgan fingerprint density at radius 3 is 2.20 bits per heavy atom. The van der Waals surface area contributed by atoms with Crippen molar-refractivity contribution in [1.82, 2.24) is 4.31 Å². The van der Waals surface area contributed by atoms with E-state index in [0.717, 1.165) is 5.56 Å². The minimum Gasteiger partial charge on any atom is -0.207 e. The predicted molar refractivity (Wildman–Crippen MR) is 82.0 cm³/mol. The van der Waals surface area contributed by atoms with E-state index in [9.17, 15) is 8.42 Å². The normalized spacial score (nSPS) is 28.2. The molecule has 3 atom stereocenters. The van der Waals surface area contributed by atoms with Gasteiger partial charge < -0.3 is 0 Å². The number of benzene rings is 1. The molecule has 3 unspecified atom stereocenters. The lowest BCUT2D eigenvalue weighted by Gasteiger charge is -2.29. The first kappa shape index (κ1) is 15.5. The van der Waals surface area contributed by atoms with Crippen LogP contribution in [0.2, 0.25) is 0 Å². The van der Waals surface area contributed by atoms with Crippen LogP contribution in [0.4, 0.5) is 0 Å². The number of aryl methyl sites for hydroxylation is 1. The molecule has 0 saturated carbocycles. The van der Waals surface area contributed by atoms with E-state index in [-0.39, 0.29) is 6.04 Å². The van der Waals surface area contributed by atoms with Crippen LogP contribution < -0.4 is 0 Å². The summed E-state index contributed by atoms with van der Waals surface area (Å²) in [6, 6.07) is 7.25. The lowest BCUT2D eigenvalue weighted by molar-refractivity contribution is 0.269. The van der Waals surface area contributed by atoms with Crippen molar-refractivity contribution >= 4 is 10.0 Å². The maximum atomic E-state index is 12.9. The molecule has 0 bridgehead atoms. The molecule has 0 spiro atoms. The van der Waals surface area contributed by atoms with Crippen LogP contribution in [0.5, 0.6) is 0 Å². The minimum atomic E-state index is -3.38. The third-order valence-corrected chi connectivity index (χ3v) is 6.43. The zero-order chi connectivity index (χ0) is 15.1. The molecular formula is C16H25NO2S. The summed E-state index contributed by atoms with van der Waals surface area (Å²) in [6.45, 7) is 11.1. The van der Waals surface area contributed by atoms with Gasteiger partial charge in [0.05, 0.1) is 4.90 Å².